The first-order valence-electron chi connectivity index (χ1n) is 8.05. The predicted molar refractivity (Wildman–Crippen MR) is 91.7 cm³/mol. The molecule has 0 spiro atoms. The van der Waals surface area contributed by atoms with E-state index in [4.69, 9.17) is 0 Å². The molecule has 0 aliphatic heterocycles. The van der Waals surface area contributed by atoms with Gasteiger partial charge in [-0.2, -0.15) is 0 Å². The van der Waals surface area contributed by atoms with Crippen LogP contribution >= 0.6 is 0 Å². The number of rotatable bonds is 7. The maximum absolute atomic E-state index is 3.65. The average Bonchev–Trinajstić information content (AvgIpc) is 2.50. The van der Waals surface area contributed by atoms with Gasteiger partial charge in [0.1, 0.15) is 0 Å². The Balaban J connectivity index is 2.00. The Morgan fingerprint density at radius 1 is 1.00 bits per heavy atom. The van der Waals surface area contributed by atoms with E-state index >= 15 is 0 Å². The van der Waals surface area contributed by atoms with Gasteiger partial charge in [0.15, 0.2) is 0 Å². The number of benzene rings is 2. The smallest absolute Gasteiger partial charge is 0.0322 e. The Bertz CT molecular complexity index is 545. The molecule has 112 valence electrons. The van der Waals surface area contributed by atoms with Gasteiger partial charge in [0.25, 0.3) is 0 Å². The summed E-state index contributed by atoms with van der Waals surface area (Å²) in [6.45, 7) is 7.60. The van der Waals surface area contributed by atoms with Crippen molar-refractivity contribution in [2.24, 2.45) is 0 Å². The minimum atomic E-state index is 0.471. The first-order chi connectivity index (χ1) is 10.2. The third-order valence-electron chi connectivity index (χ3n) is 4.06. The van der Waals surface area contributed by atoms with Crippen LogP contribution in [0.3, 0.4) is 0 Å². The van der Waals surface area contributed by atoms with Crippen molar-refractivity contribution < 1.29 is 0 Å². The summed E-state index contributed by atoms with van der Waals surface area (Å²) in [5.41, 5.74) is 5.64. The van der Waals surface area contributed by atoms with E-state index in [2.05, 4.69) is 74.6 Å². The van der Waals surface area contributed by atoms with Crippen molar-refractivity contribution in [3.63, 3.8) is 0 Å². The highest BCUT2D eigenvalue weighted by atomic mass is 14.9. The first-order valence-corrected chi connectivity index (χ1v) is 8.05. The van der Waals surface area contributed by atoms with Crippen LogP contribution in [0.15, 0.2) is 48.5 Å². The summed E-state index contributed by atoms with van der Waals surface area (Å²) in [5.74, 6) is 0. The number of hydrogen-bond donors (Lipinski definition) is 1. The first kappa shape index (κ1) is 15.8. The van der Waals surface area contributed by atoms with Gasteiger partial charge in [-0.15, -0.1) is 0 Å². The third-order valence-corrected chi connectivity index (χ3v) is 4.06. The van der Waals surface area contributed by atoms with Gasteiger partial charge in [-0.25, -0.2) is 0 Å². The largest absolute Gasteiger partial charge is 0.310 e. The van der Waals surface area contributed by atoms with Crippen molar-refractivity contribution in [2.75, 3.05) is 6.54 Å². The molecule has 0 saturated carbocycles. The summed E-state index contributed by atoms with van der Waals surface area (Å²) in [7, 11) is 0. The SMILES string of the molecule is CCNC(CCCc1ccccc1)c1cc(C)ccc1C. The standard InChI is InChI=1S/C20H27N/c1-4-21-20(19-15-16(2)13-14-17(19)3)12-8-11-18-9-6-5-7-10-18/h5-7,9-10,13-15,20-21H,4,8,11-12H2,1-3H3. The van der Waals surface area contributed by atoms with Crippen LogP contribution in [0.1, 0.15) is 48.1 Å². The van der Waals surface area contributed by atoms with Crippen LogP contribution in [0, 0.1) is 13.8 Å². The molecule has 1 nitrogen and oxygen atoms in total. The maximum atomic E-state index is 3.65. The molecule has 0 fully saturated rings. The lowest BCUT2D eigenvalue weighted by Gasteiger charge is -2.21. The van der Waals surface area contributed by atoms with Crippen LogP contribution in [0.25, 0.3) is 0 Å². The zero-order valence-electron chi connectivity index (χ0n) is 13.5. The lowest BCUT2D eigenvalue weighted by Crippen LogP contribution is -2.22. The van der Waals surface area contributed by atoms with Crippen LogP contribution in [0.5, 0.6) is 0 Å². The Labute approximate surface area is 129 Å². The van der Waals surface area contributed by atoms with E-state index in [1.165, 1.54) is 35.1 Å². The van der Waals surface area contributed by atoms with Gasteiger partial charge in [-0.3, -0.25) is 0 Å². The molecule has 1 N–H and O–H groups in total. The Kier molecular flexibility index (Phi) is 6.01. The molecule has 2 aromatic carbocycles. The van der Waals surface area contributed by atoms with Crippen LogP contribution < -0.4 is 5.32 Å². The van der Waals surface area contributed by atoms with E-state index in [0.717, 1.165) is 13.0 Å². The number of aryl methyl sites for hydroxylation is 3. The molecule has 21 heavy (non-hydrogen) atoms. The highest BCUT2D eigenvalue weighted by Crippen LogP contribution is 2.24. The minimum Gasteiger partial charge on any atom is -0.310 e. The fourth-order valence-corrected chi connectivity index (χ4v) is 2.90. The molecule has 1 unspecified atom stereocenters. The fourth-order valence-electron chi connectivity index (χ4n) is 2.90. The monoisotopic (exact) mass is 281 g/mol. The molecular weight excluding hydrogens is 254 g/mol. The lowest BCUT2D eigenvalue weighted by atomic mass is 9.94. The Morgan fingerprint density at radius 2 is 1.76 bits per heavy atom. The molecule has 2 aromatic rings. The summed E-state index contributed by atoms with van der Waals surface area (Å²) in [4.78, 5) is 0. The Hall–Kier alpha value is -1.60. The zero-order valence-corrected chi connectivity index (χ0v) is 13.5. The Morgan fingerprint density at radius 3 is 2.48 bits per heavy atom. The third kappa shape index (κ3) is 4.71. The summed E-state index contributed by atoms with van der Waals surface area (Å²) < 4.78 is 0. The molecule has 0 aliphatic carbocycles. The second-order valence-electron chi connectivity index (χ2n) is 5.85. The molecule has 0 aromatic heterocycles. The van der Waals surface area contributed by atoms with Gasteiger partial charge < -0.3 is 5.32 Å². The van der Waals surface area contributed by atoms with Crippen molar-refractivity contribution in [3.8, 4) is 0 Å². The van der Waals surface area contributed by atoms with Gasteiger partial charge in [-0.05, 0) is 56.3 Å². The summed E-state index contributed by atoms with van der Waals surface area (Å²) >= 11 is 0. The summed E-state index contributed by atoms with van der Waals surface area (Å²) in [6.07, 6.45) is 3.57. The molecule has 0 heterocycles. The van der Waals surface area contributed by atoms with Gasteiger partial charge in [-0.1, -0.05) is 61.0 Å². The van der Waals surface area contributed by atoms with Crippen LogP contribution in [0.2, 0.25) is 0 Å². The van der Waals surface area contributed by atoms with E-state index in [1.54, 1.807) is 0 Å². The molecular formula is C20H27N. The van der Waals surface area contributed by atoms with Crippen molar-refractivity contribution in [2.45, 2.75) is 46.1 Å². The molecule has 0 saturated heterocycles. The van der Waals surface area contributed by atoms with Crippen molar-refractivity contribution in [1.29, 1.82) is 0 Å². The minimum absolute atomic E-state index is 0.471. The molecule has 1 heteroatoms. The number of nitrogens with one attached hydrogen (secondary N) is 1. The molecule has 0 bridgehead atoms. The second kappa shape index (κ2) is 7.99. The van der Waals surface area contributed by atoms with E-state index in [-0.39, 0.29) is 0 Å². The average molecular weight is 281 g/mol. The maximum Gasteiger partial charge on any atom is 0.0322 e. The van der Waals surface area contributed by atoms with Crippen molar-refractivity contribution >= 4 is 0 Å². The number of hydrogen-bond acceptors (Lipinski definition) is 1. The molecule has 0 amide bonds. The van der Waals surface area contributed by atoms with Gasteiger partial charge in [0.2, 0.25) is 0 Å². The molecule has 0 radical (unpaired) electrons. The quantitative estimate of drug-likeness (QED) is 0.755. The molecule has 2 rings (SSSR count). The molecule has 0 aliphatic rings. The van der Waals surface area contributed by atoms with Crippen molar-refractivity contribution in [3.05, 3.63) is 70.8 Å². The summed E-state index contributed by atoms with van der Waals surface area (Å²) in [6, 6.07) is 18.0. The summed E-state index contributed by atoms with van der Waals surface area (Å²) in [5, 5.41) is 3.65. The van der Waals surface area contributed by atoms with Gasteiger partial charge in [0.05, 0.1) is 0 Å². The van der Waals surface area contributed by atoms with Crippen molar-refractivity contribution in [1.82, 2.24) is 5.32 Å². The highest BCUT2D eigenvalue weighted by Gasteiger charge is 2.12. The fraction of sp³-hybridized carbons (Fsp3) is 0.400. The second-order valence-corrected chi connectivity index (χ2v) is 5.85. The van der Waals surface area contributed by atoms with Gasteiger partial charge >= 0.3 is 0 Å². The van der Waals surface area contributed by atoms with E-state index in [1.807, 2.05) is 0 Å². The van der Waals surface area contributed by atoms with Crippen LogP contribution in [-0.2, 0) is 6.42 Å². The predicted octanol–water partition coefficient (Wildman–Crippen LogP) is 4.98. The molecule has 1 atom stereocenters. The van der Waals surface area contributed by atoms with E-state index < -0.39 is 0 Å². The lowest BCUT2D eigenvalue weighted by molar-refractivity contribution is 0.496. The highest BCUT2D eigenvalue weighted by molar-refractivity contribution is 5.33. The van der Waals surface area contributed by atoms with Crippen LogP contribution in [-0.4, -0.2) is 6.54 Å². The van der Waals surface area contributed by atoms with Gasteiger partial charge in [0, 0.05) is 6.04 Å². The van der Waals surface area contributed by atoms with E-state index in [9.17, 15) is 0 Å². The van der Waals surface area contributed by atoms with Crippen LogP contribution in [0.4, 0.5) is 0 Å². The normalized spacial score (nSPS) is 12.3. The zero-order chi connectivity index (χ0) is 15.1. The topological polar surface area (TPSA) is 12.0 Å². The van der Waals surface area contributed by atoms with E-state index in [0.29, 0.717) is 6.04 Å².